The van der Waals surface area contributed by atoms with E-state index in [1.807, 2.05) is 42.5 Å². The predicted octanol–water partition coefficient (Wildman–Crippen LogP) is 1.05. The molecule has 35 heavy (non-hydrogen) atoms. The van der Waals surface area contributed by atoms with Crippen molar-refractivity contribution in [2.75, 3.05) is 32.0 Å². The molecule has 2 aromatic carbocycles. The molecule has 1 unspecified atom stereocenters. The maximum Gasteiger partial charge on any atom is 0.228 e. The van der Waals surface area contributed by atoms with Gasteiger partial charge in [0.15, 0.2) is 0 Å². The monoisotopic (exact) mass is 475 g/mol. The van der Waals surface area contributed by atoms with Crippen LogP contribution in [0.3, 0.4) is 0 Å². The van der Waals surface area contributed by atoms with Crippen molar-refractivity contribution in [3.05, 3.63) is 59.2 Å². The third kappa shape index (κ3) is 4.80. The number of likely N-dealkylation sites (N-methyl/N-ethyl adjacent to an activating group) is 1. The Hall–Kier alpha value is -3.63. The van der Waals surface area contributed by atoms with E-state index >= 15 is 0 Å². The number of anilines is 1. The van der Waals surface area contributed by atoms with Crippen LogP contribution in [0.15, 0.2) is 42.5 Å². The zero-order valence-corrected chi connectivity index (χ0v) is 19.8. The minimum Gasteiger partial charge on any atom is -0.392 e. The van der Waals surface area contributed by atoms with Crippen molar-refractivity contribution in [3.8, 4) is 11.4 Å². The fraction of sp³-hybridized carbons (Fsp3) is 0.400. The summed E-state index contributed by atoms with van der Waals surface area (Å²) in [5.41, 5.74) is 4.31. The fourth-order valence-corrected chi connectivity index (χ4v) is 5.11. The van der Waals surface area contributed by atoms with Gasteiger partial charge in [-0.2, -0.15) is 4.80 Å². The highest BCUT2D eigenvalue weighted by Gasteiger charge is 2.35. The highest BCUT2D eigenvalue weighted by molar-refractivity contribution is 5.99. The predicted molar refractivity (Wildman–Crippen MR) is 130 cm³/mol. The van der Waals surface area contributed by atoms with E-state index in [2.05, 4.69) is 30.9 Å². The highest BCUT2D eigenvalue weighted by atomic mass is 16.3. The van der Waals surface area contributed by atoms with Crippen molar-refractivity contribution in [2.24, 2.45) is 7.05 Å². The molecular formula is C25H29N7O3. The van der Waals surface area contributed by atoms with Crippen LogP contribution in [0.1, 0.15) is 34.9 Å². The maximum absolute atomic E-state index is 13.4. The van der Waals surface area contributed by atoms with Crippen molar-refractivity contribution >= 4 is 17.5 Å². The van der Waals surface area contributed by atoms with Gasteiger partial charge in [-0.05, 0) is 40.5 Å². The molecular weight excluding hydrogens is 446 g/mol. The summed E-state index contributed by atoms with van der Waals surface area (Å²) in [5.74, 6) is -0.360. The first-order valence-electron chi connectivity index (χ1n) is 11.8. The number of amides is 2. The van der Waals surface area contributed by atoms with Crippen LogP contribution in [0.25, 0.3) is 11.4 Å². The molecule has 3 atom stereocenters. The Morgan fingerprint density at radius 3 is 2.83 bits per heavy atom. The number of benzene rings is 2. The Bertz CT molecular complexity index is 1260. The molecule has 3 aromatic rings. The van der Waals surface area contributed by atoms with E-state index < -0.39 is 5.92 Å². The quantitative estimate of drug-likeness (QED) is 0.466. The smallest absolute Gasteiger partial charge is 0.228 e. The molecule has 1 saturated heterocycles. The second kappa shape index (κ2) is 9.55. The summed E-state index contributed by atoms with van der Waals surface area (Å²) in [5, 5.41) is 28.3. The first-order chi connectivity index (χ1) is 16.9. The number of nitrogens with one attached hydrogen (secondary N) is 2. The Morgan fingerprint density at radius 2 is 2.11 bits per heavy atom. The first-order valence-corrected chi connectivity index (χ1v) is 11.8. The van der Waals surface area contributed by atoms with Gasteiger partial charge in [0.2, 0.25) is 17.6 Å². The topological polar surface area (TPSA) is 125 Å². The molecule has 1 fully saturated rings. The van der Waals surface area contributed by atoms with Crippen molar-refractivity contribution in [1.29, 1.82) is 0 Å². The lowest BCUT2D eigenvalue weighted by molar-refractivity contribution is -0.122. The molecule has 0 saturated carbocycles. The first kappa shape index (κ1) is 23.1. The number of hydrogen-bond acceptors (Lipinski definition) is 7. The molecule has 1 aromatic heterocycles. The van der Waals surface area contributed by atoms with Crippen LogP contribution in [-0.2, 0) is 23.1 Å². The third-order valence-electron chi connectivity index (χ3n) is 6.83. The van der Waals surface area contributed by atoms with Crippen LogP contribution in [0.4, 0.5) is 5.69 Å². The summed E-state index contributed by atoms with van der Waals surface area (Å²) in [6.07, 6.45) is 0.702. The number of aromatic nitrogens is 4. The minimum absolute atomic E-state index is 0.0413. The summed E-state index contributed by atoms with van der Waals surface area (Å²) >= 11 is 0. The van der Waals surface area contributed by atoms with Crippen molar-refractivity contribution in [1.82, 2.24) is 30.4 Å². The van der Waals surface area contributed by atoms with E-state index in [1.54, 1.807) is 14.1 Å². The highest BCUT2D eigenvalue weighted by Crippen LogP contribution is 2.38. The van der Waals surface area contributed by atoms with Gasteiger partial charge in [-0.25, -0.2) is 0 Å². The van der Waals surface area contributed by atoms with Crippen LogP contribution in [-0.4, -0.2) is 74.8 Å². The van der Waals surface area contributed by atoms with Gasteiger partial charge in [0, 0.05) is 43.9 Å². The number of aliphatic hydroxyl groups excluding tert-OH is 1. The van der Waals surface area contributed by atoms with Gasteiger partial charge >= 0.3 is 0 Å². The average molecular weight is 476 g/mol. The standard InChI is InChI=1S/C25H29N7O3/c1-26-25(35)23(17-7-6-16-12-22(34)27-21(16)11-17)20(14-32-9-8-19(33)13-32)15-4-3-5-18(10-15)24-28-30-31(2)29-24/h3-7,10-11,19-20,23,33H,8-9,12-14H2,1-2H3,(H,26,35)(H,27,34)/t19-,20+,23?/m0/s1. The molecule has 0 bridgehead atoms. The molecule has 0 radical (unpaired) electrons. The number of likely N-dealkylation sites (tertiary alicyclic amines) is 1. The SMILES string of the molecule is CNC(=O)C(c1ccc2c(c1)NC(=O)C2)[C@H](CN1CC[C@H](O)C1)c1cccc(-c2nnn(C)n2)c1. The number of aliphatic hydroxyl groups is 1. The molecule has 0 aliphatic carbocycles. The molecule has 2 aliphatic heterocycles. The van der Waals surface area contributed by atoms with Gasteiger partial charge in [-0.1, -0.05) is 30.3 Å². The van der Waals surface area contributed by atoms with Crippen LogP contribution in [0.5, 0.6) is 0 Å². The number of fused-ring (bicyclic) bond motifs is 1. The zero-order valence-electron chi connectivity index (χ0n) is 19.8. The van der Waals surface area contributed by atoms with Gasteiger partial charge in [0.05, 0.1) is 25.5 Å². The Balaban J connectivity index is 1.57. The lowest BCUT2D eigenvalue weighted by Crippen LogP contribution is -2.36. The molecule has 5 rings (SSSR count). The third-order valence-corrected chi connectivity index (χ3v) is 6.83. The normalized spacial score (nSPS) is 19.3. The maximum atomic E-state index is 13.4. The van der Waals surface area contributed by atoms with Crippen molar-refractivity contribution in [2.45, 2.75) is 30.8 Å². The fourth-order valence-electron chi connectivity index (χ4n) is 5.11. The van der Waals surface area contributed by atoms with E-state index in [0.29, 0.717) is 31.8 Å². The van der Waals surface area contributed by atoms with E-state index in [-0.39, 0.29) is 23.8 Å². The van der Waals surface area contributed by atoms with Crippen LogP contribution in [0, 0.1) is 0 Å². The molecule has 182 valence electrons. The molecule has 3 N–H and O–H groups in total. The number of rotatable bonds is 7. The van der Waals surface area contributed by atoms with E-state index in [4.69, 9.17) is 0 Å². The second-order valence-electron chi connectivity index (χ2n) is 9.27. The van der Waals surface area contributed by atoms with Gasteiger partial charge in [0.25, 0.3) is 0 Å². The van der Waals surface area contributed by atoms with Crippen LogP contribution < -0.4 is 10.6 Å². The Labute approximate surface area is 203 Å². The summed E-state index contributed by atoms with van der Waals surface area (Å²) in [6, 6.07) is 13.7. The van der Waals surface area contributed by atoms with Crippen LogP contribution in [0.2, 0.25) is 0 Å². The average Bonchev–Trinajstić information content (AvgIpc) is 3.57. The number of aryl methyl sites for hydroxylation is 1. The van der Waals surface area contributed by atoms with Gasteiger partial charge < -0.3 is 20.6 Å². The van der Waals surface area contributed by atoms with Gasteiger partial charge in [-0.3, -0.25) is 9.59 Å². The summed E-state index contributed by atoms with van der Waals surface area (Å²) in [6.45, 7) is 1.93. The van der Waals surface area contributed by atoms with Crippen molar-refractivity contribution < 1.29 is 14.7 Å². The lowest BCUT2D eigenvalue weighted by atomic mass is 9.79. The minimum atomic E-state index is -0.509. The van der Waals surface area contributed by atoms with Crippen molar-refractivity contribution in [3.63, 3.8) is 0 Å². The van der Waals surface area contributed by atoms with Crippen LogP contribution >= 0.6 is 0 Å². The summed E-state index contributed by atoms with van der Waals surface area (Å²) < 4.78 is 0. The number of hydrogen-bond donors (Lipinski definition) is 3. The Morgan fingerprint density at radius 1 is 1.26 bits per heavy atom. The molecule has 3 heterocycles. The number of β-amino-alcohol motifs (C(OH)–C–C–N with tert-alkyl or cyclic N) is 1. The lowest BCUT2D eigenvalue weighted by Gasteiger charge is -2.31. The summed E-state index contributed by atoms with van der Waals surface area (Å²) in [4.78, 5) is 28.9. The van der Waals surface area contributed by atoms with Gasteiger partial charge in [-0.15, -0.1) is 10.2 Å². The second-order valence-corrected chi connectivity index (χ2v) is 9.27. The number of nitrogens with zero attached hydrogens (tertiary/aromatic N) is 5. The van der Waals surface area contributed by atoms with E-state index in [9.17, 15) is 14.7 Å². The Kier molecular flexibility index (Phi) is 6.31. The molecule has 2 amide bonds. The zero-order chi connectivity index (χ0) is 24.5. The largest absolute Gasteiger partial charge is 0.392 e. The molecule has 10 heteroatoms. The number of carbonyl (C=O) groups is 2. The molecule has 10 nitrogen and oxygen atoms in total. The number of carbonyl (C=O) groups excluding carboxylic acids is 2. The number of tetrazole rings is 1. The summed E-state index contributed by atoms with van der Waals surface area (Å²) in [7, 11) is 3.36. The van der Waals surface area contributed by atoms with E-state index in [1.165, 1.54) is 4.80 Å². The molecule has 2 aliphatic rings. The van der Waals surface area contributed by atoms with E-state index in [0.717, 1.165) is 34.5 Å². The van der Waals surface area contributed by atoms with Gasteiger partial charge in [0.1, 0.15) is 0 Å². The molecule has 0 spiro atoms.